The van der Waals surface area contributed by atoms with Crippen LogP contribution in [0.2, 0.25) is 0 Å². The number of hydrogen-bond acceptors (Lipinski definition) is 5. The van der Waals surface area contributed by atoms with Crippen LogP contribution in [-0.2, 0) is 22.6 Å². The molecule has 1 aromatic heterocycles. The molecule has 3 rings (SSSR count). The molecule has 2 aromatic carbocycles. The van der Waals surface area contributed by atoms with Crippen molar-refractivity contribution in [3.8, 4) is 0 Å². The largest absolute Gasteiger partial charge is 0.760 e. The Morgan fingerprint density at radius 2 is 1.90 bits per heavy atom. The molecule has 0 saturated carbocycles. The van der Waals surface area contributed by atoms with Gasteiger partial charge in [-0.05, 0) is 37.0 Å². The van der Waals surface area contributed by atoms with Gasteiger partial charge in [-0.2, -0.15) is 0 Å². The van der Waals surface area contributed by atoms with Gasteiger partial charge in [0.2, 0.25) is 0 Å². The standard InChI is InChI=1S/C20H24N4O4S/c25-20(28-14-15-8-2-1-3-9-15)24-18(12-6-7-13-21-29(26)27)19-22-16-10-4-5-11-17(16)23-19/h1-5,8-11,18,21H,6-7,12-14H2,(H,22,23)(H,24,25)(H,26,27)/p-1/t18-/m0/s1. The quantitative estimate of drug-likeness (QED) is 0.347. The molecule has 3 N–H and O–H groups in total. The SMILES string of the molecule is O=C(N[C@@H](CCCCNS(=O)[O-])c1nc2ccccc2[nH]1)OCc1ccccc1. The van der Waals surface area contributed by atoms with Crippen molar-refractivity contribution in [2.24, 2.45) is 0 Å². The number of hydrogen-bond donors (Lipinski definition) is 3. The van der Waals surface area contributed by atoms with Crippen molar-refractivity contribution in [2.45, 2.75) is 31.9 Å². The average molecular weight is 415 g/mol. The number of aromatic amines is 1. The van der Waals surface area contributed by atoms with Gasteiger partial charge in [-0.25, -0.2) is 14.5 Å². The van der Waals surface area contributed by atoms with Gasteiger partial charge in [0.05, 0.1) is 17.1 Å². The van der Waals surface area contributed by atoms with Gasteiger partial charge >= 0.3 is 6.09 Å². The molecule has 8 nitrogen and oxygen atoms in total. The molecule has 1 amide bonds. The molecule has 154 valence electrons. The molecule has 1 unspecified atom stereocenters. The Kier molecular flexibility index (Phi) is 7.74. The number of H-pyrrole nitrogens is 1. The number of ether oxygens (including phenoxy) is 1. The van der Waals surface area contributed by atoms with Crippen LogP contribution in [0.1, 0.15) is 36.7 Å². The van der Waals surface area contributed by atoms with Crippen LogP contribution in [0.4, 0.5) is 4.79 Å². The Morgan fingerprint density at radius 1 is 1.14 bits per heavy atom. The summed E-state index contributed by atoms with van der Waals surface area (Å²) in [4.78, 5) is 20.1. The smallest absolute Gasteiger partial charge is 0.408 e. The van der Waals surface area contributed by atoms with Crippen LogP contribution in [0.3, 0.4) is 0 Å². The van der Waals surface area contributed by atoms with Crippen LogP contribution in [0.5, 0.6) is 0 Å². The molecule has 0 spiro atoms. The summed E-state index contributed by atoms with van der Waals surface area (Å²) in [6.45, 7) is 0.528. The van der Waals surface area contributed by atoms with Crippen molar-refractivity contribution in [3.05, 3.63) is 66.0 Å². The molecule has 0 aliphatic heterocycles. The first-order chi connectivity index (χ1) is 14.1. The van der Waals surface area contributed by atoms with E-state index in [1.165, 1.54) is 0 Å². The van der Waals surface area contributed by atoms with Crippen LogP contribution < -0.4 is 10.0 Å². The number of rotatable bonds is 10. The van der Waals surface area contributed by atoms with E-state index in [2.05, 4.69) is 20.0 Å². The fourth-order valence-corrected chi connectivity index (χ4v) is 3.26. The molecule has 0 bridgehead atoms. The number of imidazole rings is 1. The minimum absolute atomic E-state index is 0.179. The summed E-state index contributed by atoms with van der Waals surface area (Å²) >= 11 is -2.26. The minimum Gasteiger partial charge on any atom is -0.760 e. The Bertz CT molecular complexity index is 915. The van der Waals surface area contributed by atoms with Crippen LogP contribution in [0.15, 0.2) is 54.6 Å². The van der Waals surface area contributed by atoms with Gasteiger partial charge in [-0.1, -0.05) is 42.5 Å². The van der Waals surface area contributed by atoms with Gasteiger partial charge in [0.15, 0.2) is 0 Å². The highest BCUT2D eigenvalue weighted by molar-refractivity contribution is 7.77. The first kappa shape index (κ1) is 21.0. The molecule has 0 aliphatic rings. The molecule has 0 radical (unpaired) electrons. The van der Waals surface area contributed by atoms with E-state index in [1.807, 2.05) is 54.6 Å². The number of nitrogens with zero attached hydrogens (tertiary/aromatic N) is 1. The van der Waals surface area contributed by atoms with Crippen LogP contribution in [0.25, 0.3) is 11.0 Å². The maximum absolute atomic E-state index is 12.3. The molecule has 9 heteroatoms. The second-order valence-corrected chi connectivity index (χ2v) is 7.28. The number of aromatic nitrogens is 2. The van der Waals surface area contributed by atoms with Gasteiger partial charge in [-0.15, -0.1) is 0 Å². The number of carbonyl (C=O) groups excluding carboxylic acids is 1. The molecule has 0 saturated heterocycles. The molecular formula is C20H23N4O4S-. The van der Waals surface area contributed by atoms with Gasteiger partial charge in [-0.3, -0.25) is 4.21 Å². The minimum atomic E-state index is -2.26. The second-order valence-electron chi connectivity index (χ2n) is 6.52. The van der Waals surface area contributed by atoms with E-state index >= 15 is 0 Å². The molecule has 0 aliphatic carbocycles. The molecule has 1 heterocycles. The molecular weight excluding hydrogens is 392 g/mol. The summed E-state index contributed by atoms with van der Waals surface area (Å²) in [5.41, 5.74) is 2.60. The predicted octanol–water partition coefficient (Wildman–Crippen LogP) is 3.08. The number of para-hydroxylation sites is 2. The lowest BCUT2D eigenvalue weighted by molar-refractivity contribution is 0.134. The monoisotopic (exact) mass is 415 g/mol. The summed E-state index contributed by atoms with van der Waals surface area (Å²) in [6.07, 6.45) is 1.40. The lowest BCUT2D eigenvalue weighted by Crippen LogP contribution is -2.30. The Hall–Kier alpha value is -2.75. The van der Waals surface area contributed by atoms with E-state index < -0.39 is 17.4 Å². The van der Waals surface area contributed by atoms with Crippen molar-refractivity contribution in [1.82, 2.24) is 20.0 Å². The van der Waals surface area contributed by atoms with Gasteiger partial charge in [0, 0.05) is 17.8 Å². The lowest BCUT2D eigenvalue weighted by atomic mass is 10.1. The zero-order chi connectivity index (χ0) is 20.5. The van der Waals surface area contributed by atoms with E-state index in [0.29, 0.717) is 31.6 Å². The summed E-state index contributed by atoms with van der Waals surface area (Å²) < 4.78 is 28.8. The second kappa shape index (κ2) is 10.7. The summed E-state index contributed by atoms with van der Waals surface area (Å²) in [7, 11) is 0. The molecule has 3 aromatic rings. The topological polar surface area (TPSA) is 119 Å². The molecule has 29 heavy (non-hydrogen) atoms. The Labute approximate surface area is 171 Å². The fraction of sp³-hybridized carbons (Fsp3) is 0.300. The number of alkyl carbamates (subject to hydrolysis) is 1. The third kappa shape index (κ3) is 6.67. The van der Waals surface area contributed by atoms with Crippen molar-refractivity contribution >= 4 is 28.4 Å². The number of amides is 1. The van der Waals surface area contributed by atoms with Gasteiger partial charge < -0.3 is 19.6 Å². The van der Waals surface area contributed by atoms with Crippen LogP contribution in [-0.4, -0.2) is 31.4 Å². The van der Waals surface area contributed by atoms with Crippen molar-refractivity contribution < 1.29 is 18.3 Å². The predicted molar refractivity (Wildman–Crippen MR) is 109 cm³/mol. The summed E-state index contributed by atoms with van der Waals surface area (Å²) in [6, 6.07) is 16.7. The van der Waals surface area contributed by atoms with Crippen LogP contribution >= 0.6 is 0 Å². The van der Waals surface area contributed by atoms with E-state index in [1.54, 1.807) is 0 Å². The Morgan fingerprint density at radius 3 is 2.66 bits per heavy atom. The summed E-state index contributed by atoms with van der Waals surface area (Å²) in [5.74, 6) is 0.642. The van der Waals surface area contributed by atoms with Gasteiger partial charge in [0.1, 0.15) is 12.4 Å². The average Bonchev–Trinajstić information content (AvgIpc) is 3.16. The number of fused-ring (bicyclic) bond motifs is 1. The van der Waals surface area contributed by atoms with Crippen LogP contribution in [0, 0.1) is 0 Å². The first-order valence-electron chi connectivity index (χ1n) is 9.36. The van der Waals surface area contributed by atoms with Crippen molar-refractivity contribution in [2.75, 3.05) is 6.54 Å². The first-order valence-corrected chi connectivity index (χ1v) is 10.4. The maximum atomic E-state index is 12.3. The van der Waals surface area contributed by atoms with Crippen molar-refractivity contribution in [3.63, 3.8) is 0 Å². The highest BCUT2D eigenvalue weighted by atomic mass is 32.2. The zero-order valence-corrected chi connectivity index (χ0v) is 16.6. The van der Waals surface area contributed by atoms with E-state index in [0.717, 1.165) is 16.6 Å². The van der Waals surface area contributed by atoms with E-state index in [-0.39, 0.29) is 12.6 Å². The highest BCUT2D eigenvalue weighted by Gasteiger charge is 2.19. The summed E-state index contributed by atoms with van der Waals surface area (Å²) in [5, 5.41) is 2.87. The Balaban J connectivity index is 1.61. The molecule has 2 atom stereocenters. The maximum Gasteiger partial charge on any atom is 0.408 e. The fourth-order valence-electron chi connectivity index (χ4n) is 2.95. The molecule has 0 fully saturated rings. The lowest BCUT2D eigenvalue weighted by Gasteiger charge is -2.17. The third-order valence-corrected chi connectivity index (χ3v) is 4.82. The normalized spacial score (nSPS) is 13.1. The number of carbonyl (C=O) groups is 1. The highest BCUT2D eigenvalue weighted by Crippen LogP contribution is 2.20. The van der Waals surface area contributed by atoms with E-state index in [9.17, 15) is 13.6 Å². The van der Waals surface area contributed by atoms with E-state index in [4.69, 9.17) is 4.74 Å². The number of unbranched alkanes of at least 4 members (excludes halogenated alkanes) is 1. The number of nitrogens with one attached hydrogen (secondary N) is 3. The third-order valence-electron chi connectivity index (χ3n) is 4.38. The van der Waals surface area contributed by atoms with Gasteiger partial charge in [0.25, 0.3) is 0 Å². The zero-order valence-electron chi connectivity index (χ0n) is 15.8. The number of benzene rings is 2. The van der Waals surface area contributed by atoms with Crippen molar-refractivity contribution in [1.29, 1.82) is 0 Å².